The highest BCUT2D eigenvalue weighted by molar-refractivity contribution is 7.45. The maximum absolute atomic E-state index is 12.7. The van der Waals surface area contributed by atoms with E-state index in [2.05, 4.69) is 50.3 Å². The molecule has 0 saturated carbocycles. The first-order valence-electron chi connectivity index (χ1n) is 23.2. The van der Waals surface area contributed by atoms with Crippen LogP contribution in [0.15, 0.2) is 36.5 Å². The fourth-order valence-corrected chi connectivity index (χ4v) is 6.92. The van der Waals surface area contributed by atoms with Crippen molar-refractivity contribution in [1.29, 1.82) is 0 Å². The smallest absolute Gasteiger partial charge is 0.306 e. The summed E-state index contributed by atoms with van der Waals surface area (Å²) in [5.74, 6) is -0.853. The number of likely N-dealkylation sites (N-methyl/N-ethyl adjacent to an activating group) is 1. The van der Waals surface area contributed by atoms with E-state index in [1.54, 1.807) is 0 Å². The van der Waals surface area contributed by atoms with Gasteiger partial charge in [0.05, 0.1) is 27.7 Å². The maximum atomic E-state index is 12.7. The van der Waals surface area contributed by atoms with Gasteiger partial charge in [0.25, 0.3) is 7.82 Å². The second-order valence-corrected chi connectivity index (χ2v) is 18.2. The number of unbranched alkanes of at least 4 members (excludes halogenated alkanes) is 22. The molecule has 57 heavy (non-hydrogen) atoms. The molecule has 0 saturated heterocycles. The Hall–Kier alpha value is -1.77. The average molecular weight is 826 g/mol. The molecule has 0 aliphatic heterocycles. The molecule has 0 amide bonds. The molecule has 0 aliphatic carbocycles. The predicted octanol–water partition coefficient (Wildman–Crippen LogP) is 12.7. The summed E-state index contributed by atoms with van der Waals surface area (Å²) in [7, 11) is 1.15. The topological polar surface area (TPSA) is 111 Å². The van der Waals surface area contributed by atoms with Crippen LogP contribution < -0.4 is 4.89 Å². The Labute approximate surface area is 351 Å². The van der Waals surface area contributed by atoms with Crippen molar-refractivity contribution in [1.82, 2.24) is 0 Å². The second kappa shape index (κ2) is 39.7. The summed E-state index contributed by atoms with van der Waals surface area (Å²) in [6, 6.07) is 0. The van der Waals surface area contributed by atoms with E-state index in [1.165, 1.54) is 89.9 Å². The van der Waals surface area contributed by atoms with Crippen molar-refractivity contribution in [3.05, 3.63) is 36.5 Å². The highest BCUT2D eigenvalue weighted by Crippen LogP contribution is 2.38. The summed E-state index contributed by atoms with van der Waals surface area (Å²) in [4.78, 5) is 37.6. The lowest BCUT2D eigenvalue weighted by Gasteiger charge is -2.28. The van der Waals surface area contributed by atoms with Crippen molar-refractivity contribution in [2.24, 2.45) is 0 Å². The molecule has 0 rings (SSSR count). The van der Waals surface area contributed by atoms with Crippen molar-refractivity contribution in [2.45, 2.75) is 206 Å². The van der Waals surface area contributed by atoms with Crippen LogP contribution in [-0.4, -0.2) is 70.0 Å². The normalized spacial score (nSPS) is 13.9. The van der Waals surface area contributed by atoms with Crippen molar-refractivity contribution >= 4 is 19.8 Å². The molecule has 0 aromatic rings. The molecule has 0 fully saturated rings. The number of allylic oxidation sites excluding steroid dienone is 6. The fraction of sp³-hybridized carbons (Fsp3) is 0.830. The first-order valence-corrected chi connectivity index (χ1v) is 24.7. The van der Waals surface area contributed by atoms with E-state index in [0.717, 1.165) is 77.0 Å². The number of quaternary nitrogens is 1. The van der Waals surface area contributed by atoms with E-state index < -0.39 is 32.5 Å². The molecule has 10 heteroatoms. The molecule has 0 radical (unpaired) electrons. The summed E-state index contributed by atoms with van der Waals surface area (Å²) in [5, 5.41) is 0. The molecule has 0 heterocycles. The number of carbonyl (C=O) groups is 2. The van der Waals surface area contributed by atoms with Crippen LogP contribution in [0.5, 0.6) is 0 Å². The highest BCUT2D eigenvalue weighted by atomic mass is 31.2. The zero-order chi connectivity index (χ0) is 42.1. The molecule has 0 aromatic carbocycles. The molecule has 2 atom stereocenters. The van der Waals surface area contributed by atoms with Crippen LogP contribution in [0.2, 0.25) is 0 Å². The Kier molecular flexibility index (Phi) is 38.4. The minimum Gasteiger partial charge on any atom is -0.756 e. The summed E-state index contributed by atoms with van der Waals surface area (Å²) in [6.45, 7) is 4.17. The number of phosphoric ester groups is 1. The zero-order valence-corrected chi connectivity index (χ0v) is 38.4. The fourth-order valence-electron chi connectivity index (χ4n) is 6.19. The molecular weight excluding hydrogens is 737 g/mol. The van der Waals surface area contributed by atoms with Gasteiger partial charge >= 0.3 is 11.9 Å². The van der Waals surface area contributed by atoms with Gasteiger partial charge in [0.2, 0.25) is 0 Å². The van der Waals surface area contributed by atoms with Gasteiger partial charge in [0.1, 0.15) is 19.8 Å². The SMILES string of the molecule is CCCC/C=C\C/C=C\CCCCCCCC(=O)O[C@H](COC(=O)CCCCCCCCC/C=C\CCCCCCCCCC)COP(=O)([O-])OCC[N+](C)(C)C. The van der Waals surface area contributed by atoms with Crippen molar-refractivity contribution < 1.29 is 42.1 Å². The largest absolute Gasteiger partial charge is 0.756 e. The molecule has 334 valence electrons. The van der Waals surface area contributed by atoms with Crippen molar-refractivity contribution in [3.63, 3.8) is 0 Å². The van der Waals surface area contributed by atoms with E-state index in [0.29, 0.717) is 17.4 Å². The number of phosphoric acid groups is 1. The van der Waals surface area contributed by atoms with E-state index in [4.69, 9.17) is 18.5 Å². The summed E-state index contributed by atoms with van der Waals surface area (Å²) >= 11 is 0. The predicted molar refractivity (Wildman–Crippen MR) is 236 cm³/mol. The number of rotatable bonds is 42. The van der Waals surface area contributed by atoms with E-state index >= 15 is 0 Å². The summed E-state index contributed by atoms with van der Waals surface area (Å²) in [5.41, 5.74) is 0. The van der Waals surface area contributed by atoms with Crippen LogP contribution in [0.1, 0.15) is 200 Å². The van der Waals surface area contributed by atoms with Gasteiger partial charge in [-0.15, -0.1) is 0 Å². The first-order chi connectivity index (χ1) is 27.5. The quantitative estimate of drug-likeness (QED) is 0.0197. The molecule has 0 bridgehead atoms. The van der Waals surface area contributed by atoms with Gasteiger partial charge in [-0.2, -0.15) is 0 Å². The van der Waals surface area contributed by atoms with Gasteiger partial charge < -0.3 is 27.9 Å². The second-order valence-electron chi connectivity index (χ2n) is 16.8. The van der Waals surface area contributed by atoms with Gasteiger partial charge in [-0.05, 0) is 64.2 Å². The number of esters is 2. The third-order valence-electron chi connectivity index (χ3n) is 9.88. The first kappa shape index (κ1) is 55.2. The lowest BCUT2D eigenvalue weighted by molar-refractivity contribution is -0.870. The standard InChI is InChI=1S/C47H88NO8P/c1-6-8-10-12-14-16-18-20-22-23-24-25-26-28-29-31-33-35-37-39-46(49)53-43-45(44-55-57(51,52)54-42-41-48(3,4)5)56-47(50)40-38-36-34-32-30-27-21-19-17-15-13-11-9-7-2/h13,15,19,21,23-24,45H,6-12,14,16-18,20,22,25-44H2,1-5H3/b15-13-,21-19-,24-23-/t45-/m1/s1. The summed E-state index contributed by atoms with van der Waals surface area (Å²) < 4.78 is 33.9. The molecule has 0 spiro atoms. The number of carbonyl (C=O) groups excluding carboxylic acids is 2. The Morgan fingerprint density at radius 2 is 0.965 bits per heavy atom. The van der Waals surface area contributed by atoms with E-state index in [-0.39, 0.29) is 26.1 Å². The zero-order valence-electron chi connectivity index (χ0n) is 37.5. The third-order valence-corrected chi connectivity index (χ3v) is 10.8. The van der Waals surface area contributed by atoms with E-state index in [1.807, 2.05) is 21.1 Å². The van der Waals surface area contributed by atoms with E-state index in [9.17, 15) is 19.0 Å². The Morgan fingerprint density at radius 3 is 1.46 bits per heavy atom. The van der Waals surface area contributed by atoms with Gasteiger partial charge in [-0.1, -0.05) is 159 Å². The number of hydrogen-bond acceptors (Lipinski definition) is 8. The minimum atomic E-state index is -4.63. The lowest BCUT2D eigenvalue weighted by Crippen LogP contribution is -2.37. The van der Waals surface area contributed by atoms with Crippen LogP contribution in [0.4, 0.5) is 0 Å². The third kappa shape index (κ3) is 43.6. The molecule has 0 aliphatic rings. The molecule has 9 nitrogen and oxygen atoms in total. The highest BCUT2D eigenvalue weighted by Gasteiger charge is 2.21. The Morgan fingerprint density at radius 1 is 0.544 bits per heavy atom. The van der Waals surface area contributed by atoms with Crippen LogP contribution in [0.3, 0.4) is 0 Å². The van der Waals surface area contributed by atoms with Crippen LogP contribution >= 0.6 is 7.82 Å². The molecule has 0 N–H and O–H groups in total. The molecular formula is C47H88NO8P. The van der Waals surface area contributed by atoms with Gasteiger partial charge in [0, 0.05) is 12.8 Å². The van der Waals surface area contributed by atoms with Crippen LogP contribution in [0.25, 0.3) is 0 Å². The van der Waals surface area contributed by atoms with Gasteiger partial charge in [-0.25, -0.2) is 0 Å². The van der Waals surface area contributed by atoms with Gasteiger partial charge in [-0.3, -0.25) is 14.2 Å². The maximum Gasteiger partial charge on any atom is 0.306 e. The Bertz CT molecular complexity index is 1070. The van der Waals surface area contributed by atoms with Crippen molar-refractivity contribution in [2.75, 3.05) is 47.5 Å². The number of nitrogens with zero attached hydrogens (tertiary/aromatic N) is 1. The molecule has 0 aromatic heterocycles. The van der Waals surface area contributed by atoms with Crippen molar-refractivity contribution in [3.8, 4) is 0 Å². The Balaban J connectivity index is 4.32. The van der Waals surface area contributed by atoms with Crippen LogP contribution in [-0.2, 0) is 32.7 Å². The average Bonchev–Trinajstić information content (AvgIpc) is 3.16. The van der Waals surface area contributed by atoms with Crippen LogP contribution in [0, 0.1) is 0 Å². The lowest BCUT2D eigenvalue weighted by atomic mass is 10.1. The van der Waals surface area contributed by atoms with Gasteiger partial charge in [0.15, 0.2) is 6.10 Å². The number of hydrogen-bond donors (Lipinski definition) is 0. The monoisotopic (exact) mass is 826 g/mol. The molecule has 1 unspecified atom stereocenters. The number of ether oxygens (including phenoxy) is 2. The summed E-state index contributed by atoms with van der Waals surface area (Å²) in [6.07, 6.45) is 44.5. The minimum absolute atomic E-state index is 0.0345.